The Hall–Kier alpha value is -1.54. The first kappa shape index (κ1) is 17.8. The molecule has 5 nitrogen and oxygen atoms in total. The second-order valence-electron chi connectivity index (χ2n) is 6.09. The molecule has 1 aliphatic rings. The predicted octanol–water partition coefficient (Wildman–Crippen LogP) is 2.39. The average molecular weight is 347 g/mol. The summed E-state index contributed by atoms with van der Waals surface area (Å²) in [6.45, 7) is 3.50. The van der Waals surface area contributed by atoms with Gasteiger partial charge in [-0.25, -0.2) is 17.2 Å². The molecule has 2 N–H and O–H groups in total. The van der Waals surface area contributed by atoms with E-state index in [1.165, 1.54) is 0 Å². The van der Waals surface area contributed by atoms with Gasteiger partial charge in [-0.15, -0.1) is 0 Å². The summed E-state index contributed by atoms with van der Waals surface area (Å²) in [5, 5.41) is 9.35. The summed E-state index contributed by atoms with van der Waals surface area (Å²) in [6, 6.07) is 3.55. The average Bonchev–Trinajstić information content (AvgIpc) is 2.37. The lowest BCUT2D eigenvalue weighted by Crippen LogP contribution is -2.43. The van der Waals surface area contributed by atoms with Crippen LogP contribution >= 0.6 is 0 Å². The summed E-state index contributed by atoms with van der Waals surface area (Å²) >= 11 is 0. The Kier molecular flexibility index (Phi) is 4.77. The minimum atomic E-state index is -3.98. The number of alkyl halides is 2. The lowest BCUT2D eigenvalue weighted by molar-refractivity contribution is -0.139. The van der Waals surface area contributed by atoms with E-state index in [-0.39, 0.29) is 0 Å². The van der Waals surface area contributed by atoms with Crippen LogP contribution in [0, 0.1) is 19.8 Å². The number of benzene rings is 1. The van der Waals surface area contributed by atoms with E-state index in [2.05, 4.69) is 4.72 Å². The third-order valence-corrected chi connectivity index (χ3v) is 5.64. The first-order chi connectivity index (χ1) is 10.5. The number of nitrogens with one attached hydrogen (secondary N) is 1. The van der Waals surface area contributed by atoms with Gasteiger partial charge in [-0.1, -0.05) is 18.2 Å². The zero-order chi connectivity index (χ0) is 17.4. The SMILES string of the molecule is Cc1cccc(C(NS(=O)(=O)CC2CC(F)(F)C2)C(=O)O)c1C. The van der Waals surface area contributed by atoms with Crippen LogP contribution in [0.25, 0.3) is 0 Å². The van der Waals surface area contributed by atoms with Crippen LogP contribution in [0.4, 0.5) is 8.78 Å². The summed E-state index contributed by atoms with van der Waals surface area (Å²) in [5.41, 5.74) is 1.87. The molecule has 128 valence electrons. The number of carboxylic acids is 1. The molecule has 1 aliphatic carbocycles. The second kappa shape index (κ2) is 6.16. The maximum Gasteiger partial charge on any atom is 0.326 e. The van der Waals surface area contributed by atoms with Gasteiger partial charge in [0.2, 0.25) is 15.9 Å². The van der Waals surface area contributed by atoms with Crippen LogP contribution < -0.4 is 4.72 Å². The summed E-state index contributed by atoms with van der Waals surface area (Å²) in [5.74, 6) is -5.27. The first-order valence-electron chi connectivity index (χ1n) is 7.17. The number of carbonyl (C=O) groups is 1. The van der Waals surface area contributed by atoms with Crippen LogP contribution in [-0.4, -0.2) is 31.2 Å². The summed E-state index contributed by atoms with van der Waals surface area (Å²) < 4.78 is 52.0. The molecule has 0 aromatic heterocycles. The minimum Gasteiger partial charge on any atom is -0.480 e. The number of halogens is 2. The molecular formula is C15H19F2NO4S. The topological polar surface area (TPSA) is 83.5 Å². The molecule has 0 saturated heterocycles. The molecule has 1 atom stereocenters. The third kappa shape index (κ3) is 4.26. The fourth-order valence-corrected chi connectivity index (χ4v) is 4.31. The molecule has 1 saturated carbocycles. The zero-order valence-electron chi connectivity index (χ0n) is 12.8. The number of sulfonamides is 1. The van der Waals surface area contributed by atoms with Crippen molar-refractivity contribution in [1.29, 1.82) is 0 Å². The molecule has 0 bridgehead atoms. The van der Waals surface area contributed by atoms with Crippen molar-refractivity contribution in [3.05, 3.63) is 34.9 Å². The maximum absolute atomic E-state index is 12.8. The molecule has 8 heteroatoms. The maximum atomic E-state index is 12.8. The van der Waals surface area contributed by atoms with Crippen LogP contribution in [0.1, 0.15) is 35.6 Å². The van der Waals surface area contributed by atoms with Gasteiger partial charge in [0.15, 0.2) is 0 Å². The van der Waals surface area contributed by atoms with Crippen molar-refractivity contribution in [2.45, 2.75) is 38.7 Å². The Bertz CT molecular complexity index is 710. The lowest BCUT2D eigenvalue weighted by atomic mass is 9.83. The number of carboxylic acid groups (broad SMARTS) is 1. The smallest absolute Gasteiger partial charge is 0.326 e. The summed E-state index contributed by atoms with van der Waals surface area (Å²) in [4.78, 5) is 11.5. The Balaban J connectivity index is 2.16. The van der Waals surface area contributed by atoms with Crippen molar-refractivity contribution in [2.75, 3.05) is 5.75 Å². The van der Waals surface area contributed by atoms with Gasteiger partial charge in [-0.2, -0.15) is 4.72 Å². The van der Waals surface area contributed by atoms with Crippen molar-refractivity contribution in [2.24, 2.45) is 5.92 Å². The molecule has 1 fully saturated rings. The van der Waals surface area contributed by atoms with Crippen molar-refractivity contribution < 1.29 is 27.1 Å². The number of aryl methyl sites for hydroxylation is 1. The fourth-order valence-electron chi connectivity index (χ4n) is 2.77. The highest BCUT2D eigenvalue weighted by Crippen LogP contribution is 2.42. The van der Waals surface area contributed by atoms with Crippen molar-refractivity contribution in [1.82, 2.24) is 4.72 Å². The van der Waals surface area contributed by atoms with E-state index in [9.17, 15) is 27.1 Å². The lowest BCUT2D eigenvalue weighted by Gasteiger charge is -2.34. The van der Waals surface area contributed by atoms with Gasteiger partial charge in [0.05, 0.1) is 5.75 Å². The van der Waals surface area contributed by atoms with Crippen molar-refractivity contribution in [3.8, 4) is 0 Å². The van der Waals surface area contributed by atoms with E-state index in [1.54, 1.807) is 32.0 Å². The Morgan fingerprint density at radius 1 is 1.39 bits per heavy atom. The number of aliphatic carboxylic acids is 1. The van der Waals surface area contributed by atoms with Crippen LogP contribution in [0.3, 0.4) is 0 Å². The van der Waals surface area contributed by atoms with E-state index in [1.807, 2.05) is 0 Å². The van der Waals surface area contributed by atoms with Crippen LogP contribution in [0.2, 0.25) is 0 Å². The molecular weight excluding hydrogens is 328 g/mol. The minimum absolute atomic E-state index is 0.347. The molecule has 1 unspecified atom stereocenters. The number of rotatable bonds is 6. The van der Waals surface area contributed by atoms with Gasteiger partial charge in [-0.05, 0) is 36.5 Å². The molecule has 0 aliphatic heterocycles. The van der Waals surface area contributed by atoms with Gasteiger partial charge >= 0.3 is 5.97 Å². The number of hydrogen-bond acceptors (Lipinski definition) is 3. The monoisotopic (exact) mass is 347 g/mol. The van der Waals surface area contributed by atoms with Crippen LogP contribution in [0.5, 0.6) is 0 Å². The summed E-state index contributed by atoms with van der Waals surface area (Å²) in [6.07, 6.45) is -0.954. The molecule has 1 aromatic rings. The van der Waals surface area contributed by atoms with Gasteiger partial charge in [-0.3, -0.25) is 4.79 Å². The van der Waals surface area contributed by atoms with E-state index < -0.39 is 52.5 Å². The molecule has 2 rings (SSSR count). The van der Waals surface area contributed by atoms with Gasteiger partial charge in [0.25, 0.3) is 0 Å². The molecule has 0 amide bonds. The highest BCUT2D eigenvalue weighted by Gasteiger charge is 2.47. The van der Waals surface area contributed by atoms with Crippen LogP contribution in [-0.2, 0) is 14.8 Å². The molecule has 1 aromatic carbocycles. The molecule has 0 heterocycles. The third-order valence-electron chi connectivity index (χ3n) is 4.13. The van der Waals surface area contributed by atoms with Crippen molar-refractivity contribution in [3.63, 3.8) is 0 Å². The van der Waals surface area contributed by atoms with Crippen molar-refractivity contribution >= 4 is 16.0 Å². The quantitative estimate of drug-likeness (QED) is 0.828. The summed E-state index contributed by atoms with van der Waals surface area (Å²) in [7, 11) is -3.98. The molecule has 0 spiro atoms. The Morgan fingerprint density at radius 3 is 2.52 bits per heavy atom. The largest absolute Gasteiger partial charge is 0.480 e. The van der Waals surface area contributed by atoms with Gasteiger partial charge in [0.1, 0.15) is 6.04 Å². The van der Waals surface area contributed by atoms with E-state index >= 15 is 0 Å². The predicted molar refractivity (Wildman–Crippen MR) is 80.9 cm³/mol. The zero-order valence-corrected chi connectivity index (χ0v) is 13.7. The second-order valence-corrected chi connectivity index (χ2v) is 7.89. The van der Waals surface area contributed by atoms with E-state index in [0.29, 0.717) is 11.1 Å². The van der Waals surface area contributed by atoms with Gasteiger partial charge in [0, 0.05) is 12.8 Å². The van der Waals surface area contributed by atoms with E-state index in [0.717, 1.165) is 5.56 Å². The van der Waals surface area contributed by atoms with E-state index in [4.69, 9.17) is 0 Å². The van der Waals surface area contributed by atoms with Crippen LogP contribution in [0.15, 0.2) is 18.2 Å². The Morgan fingerprint density at radius 2 is 2.00 bits per heavy atom. The highest BCUT2D eigenvalue weighted by atomic mass is 32.2. The van der Waals surface area contributed by atoms with Gasteiger partial charge < -0.3 is 5.11 Å². The first-order valence-corrected chi connectivity index (χ1v) is 8.83. The Labute approximate surface area is 133 Å². The number of hydrogen-bond donors (Lipinski definition) is 2. The standard InChI is InChI=1S/C15H19F2NO4S/c1-9-4-3-5-12(10(9)2)13(14(19)20)18-23(21,22)8-11-6-15(16,17)7-11/h3-5,11,13,18H,6-8H2,1-2H3,(H,19,20). The normalized spacial score (nSPS) is 19.1. The fraction of sp³-hybridized carbons (Fsp3) is 0.533. The molecule has 0 radical (unpaired) electrons. The molecule has 23 heavy (non-hydrogen) atoms. The highest BCUT2D eigenvalue weighted by molar-refractivity contribution is 7.89.